The number of nitrogens with one attached hydrogen (secondary N) is 1. The van der Waals surface area contributed by atoms with E-state index in [9.17, 15) is 9.59 Å². The fraction of sp³-hybridized carbons (Fsp3) is 0.394. The Labute approximate surface area is 234 Å². The van der Waals surface area contributed by atoms with Crippen LogP contribution in [0.5, 0.6) is 0 Å². The normalized spacial score (nSPS) is 18.2. The lowest BCUT2D eigenvalue weighted by Gasteiger charge is -2.44. The molecule has 3 aromatic carbocycles. The SMILES string of the molecule is CC(C)[C@H]1C(=O)N[C@H](CO[Si](c2ccccc2)(c2ccccc2)C(C)(C)C)Cc2ccc(CC=O)cc2N1C. The van der Waals surface area contributed by atoms with Crippen molar-refractivity contribution < 1.29 is 14.0 Å². The first-order chi connectivity index (χ1) is 18.6. The lowest BCUT2D eigenvalue weighted by molar-refractivity contribution is -0.124. The van der Waals surface area contributed by atoms with Crippen molar-refractivity contribution in [1.82, 2.24) is 5.32 Å². The van der Waals surface area contributed by atoms with Gasteiger partial charge in [-0.2, -0.15) is 0 Å². The Morgan fingerprint density at radius 2 is 1.59 bits per heavy atom. The Bertz CT molecular complexity index is 1230. The van der Waals surface area contributed by atoms with E-state index in [-0.39, 0.29) is 28.9 Å². The minimum atomic E-state index is -2.75. The molecule has 1 N–H and O–H groups in total. The van der Waals surface area contributed by atoms with Crippen LogP contribution in [0.25, 0.3) is 0 Å². The van der Waals surface area contributed by atoms with Crippen molar-refractivity contribution >= 4 is 36.6 Å². The maximum absolute atomic E-state index is 13.7. The first-order valence-electron chi connectivity index (χ1n) is 13.9. The van der Waals surface area contributed by atoms with Crippen LogP contribution in [0.15, 0.2) is 78.9 Å². The molecule has 1 heterocycles. The van der Waals surface area contributed by atoms with Gasteiger partial charge in [-0.15, -0.1) is 0 Å². The molecule has 2 atom stereocenters. The van der Waals surface area contributed by atoms with Gasteiger partial charge < -0.3 is 19.4 Å². The standard InChI is InChI=1S/C33H42N2O3Si/c1-24(2)31-32(37)34-27(22-26-18-17-25(19-20-36)21-30(26)35(31)6)23-38-39(33(3,4)5,28-13-9-7-10-14-28)29-15-11-8-12-16-29/h7-18,20-21,24,27,31H,19,22-23H2,1-6H3,(H,34,37)/t27-,31-/m0/s1. The number of carbonyl (C=O) groups is 2. The van der Waals surface area contributed by atoms with Crippen molar-refractivity contribution in [3.8, 4) is 0 Å². The van der Waals surface area contributed by atoms with E-state index in [1.54, 1.807) is 0 Å². The number of rotatable bonds is 8. The second-order valence-corrected chi connectivity index (χ2v) is 16.3. The van der Waals surface area contributed by atoms with Gasteiger partial charge in [-0.25, -0.2) is 0 Å². The molecule has 0 saturated carbocycles. The van der Waals surface area contributed by atoms with Crippen LogP contribution in [0, 0.1) is 5.92 Å². The second kappa shape index (κ2) is 11.9. The number of amides is 1. The number of hydrogen-bond acceptors (Lipinski definition) is 4. The highest BCUT2D eigenvalue weighted by atomic mass is 28.4. The fourth-order valence-electron chi connectivity index (χ4n) is 6.10. The summed E-state index contributed by atoms with van der Waals surface area (Å²) < 4.78 is 7.21. The molecule has 4 rings (SSSR count). The molecule has 3 aromatic rings. The minimum absolute atomic E-state index is 0.00925. The van der Waals surface area contributed by atoms with Gasteiger partial charge in [0.15, 0.2) is 0 Å². The molecule has 0 saturated heterocycles. The lowest BCUT2D eigenvalue weighted by atomic mass is 9.94. The Kier molecular flexibility index (Phi) is 8.77. The zero-order valence-electron chi connectivity index (χ0n) is 24.1. The van der Waals surface area contributed by atoms with E-state index in [4.69, 9.17) is 4.43 Å². The Hall–Kier alpha value is -3.22. The van der Waals surface area contributed by atoms with Crippen molar-refractivity contribution in [2.24, 2.45) is 5.92 Å². The highest BCUT2D eigenvalue weighted by Gasteiger charge is 2.50. The van der Waals surface area contributed by atoms with Gasteiger partial charge in [0.1, 0.15) is 12.3 Å². The third kappa shape index (κ3) is 5.87. The molecule has 0 unspecified atom stereocenters. The molecule has 0 radical (unpaired) electrons. The number of nitrogens with zero attached hydrogens (tertiary/aromatic N) is 1. The van der Waals surface area contributed by atoms with Gasteiger partial charge in [0, 0.05) is 19.2 Å². The Morgan fingerprint density at radius 1 is 1.00 bits per heavy atom. The molecule has 0 fully saturated rings. The molecule has 206 valence electrons. The van der Waals surface area contributed by atoms with Gasteiger partial charge in [-0.3, -0.25) is 4.79 Å². The molecular weight excluding hydrogens is 500 g/mol. The summed E-state index contributed by atoms with van der Waals surface area (Å²) in [7, 11) is -0.769. The van der Waals surface area contributed by atoms with Crippen LogP contribution in [-0.2, 0) is 26.9 Å². The summed E-state index contributed by atoms with van der Waals surface area (Å²) in [5.74, 6) is 0.115. The molecule has 0 bridgehead atoms. The number of carbonyl (C=O) groups excluding carboxylic acids is 2. The van der Waals surface area contributed by atoms with Gasteiger partial charge >= 0.3 is 0 Å². The third-order valence-corrected chi connectivity index (χ3v) is 12.9. The Morgan fingerprint density at radius 3 is 2.10 bits per heavy atom. The monoisotopic (exact) mass is 542 g/mol. The van der Waals surface area contributed by atoms with Crippen LogP contribution in [0.3, 0.4) is 0 Å². The fourth-order valence-corrected chi connectivity index (χ4v) is 10.7. The first kappa shape index (κ1) is 28.8. The van der Waals surface area contributed by atoms with E-state index in [0.29, 0.717) is 19.4 Å². The molecule has 5 nitrogen and oxygen atoms in total. The van der Waals surface area contributed by atoms with Gasteiger partial charge in [0.05, 0.1) is 12.6 Å². The van der Waals surface area contributed by atoms with Gasteiger partial charge in [0.2, 0.25) is 5.91 Å². The summed E-state index contributed by atoms with van der Waals surface area (Å²) >= 11 is 0. The quantitative estimate of drug-likeness (QED) is 0.336. The number of hydrogen-bond donors (Lipinski definition) is 1. The topological polar surface area (TPSA) is 58.6 Å². The maximum Gasteiger partial charge on any atom is 0.261 e. The molecule has 6 heteroatoms. The number of fused-ring (bicyclic) bond motifs is 1. The third-order valence-electron chi connectivity index (χ3n) is 7.90. The van der Waals surface area contributed by atoms with Crippen LogP contribution in [-0.4, -0.2) is 46.2 Å². The zero-order chi connectivity index (χ0) is 28.2. The van der Waals surface area contributed by atoms with Gasteiger partial charge in [0.25, 0.3) is 8.32 Å². The molecule has 1 amide bonds. The molecular formula is C33H42N2O3Si. The van der Waals surface area contributed by atoms with E-state index in [0.717, 1.165) is 23.1 Å². The predicted molar refractivity (Wildman–Crippen MR) is 162 cm³/mol. The summed E-state index contributed by atoms with van der Waals surface area (Å²) in [5, 5.41) is 5.64. The highest BCUT2D eigenvalue weighted by molar-refractivity contribution is 6.99. The van der Waals surface area contributed by atoms with Gasteiger partial charge in [-0.05, 0) is 44.9 Å². The van der Waals surface area contributed by atoms with Crippen LogP contribution < -0.4 is 20.6 Å². The summed E-state index contributed by atoms with van der Waals surface area (Å²) in [4.78, 5) is 27.0. The van der Waals surface area contributed by atoms with Crippen LogP contribution in [0.4, 0.5) is 5.69 Å². The molecule has 1 aliphatic heterocycles. The Balaban J connectivity index is 1.76. The van der Waals surface area contributed by atoms with Crippen molar-refractivity contribution in [2.75, 3.05) is 18.6 Å². The van der Waals surface area contributed by atoms with E-state index in [1.165, 1.54) is 10.4 Å². The minimum Gasteiger partial charge on any atom is -0.405 e. The maximum atomic E-state index is 13.7. The number of aldehydes is 1. The highest BCUT2D eigenvalue weighted by Crippen LogP contribution is 2.37. The van der Waals surface area contributed by atoms with Crippen molar-refractivity contribution in [1.29, 1.82) is 0 Å². The predicted octanol–water partition coefficient (Wildman–Crippen LogP) is 4.51. The average Bonchev–Trinajstić information content (AvgIpc) is 2.89. The molecule has 1 aliphatic rings. The van der Waals surface area contributed by atoms with Crippen LogP contribution >= 0.6 is 0 Å². The lowest BCUT2D eigenvalue weighted by Crippen LogP contribution is -2.67. The first-order valence-corrected chi connectivity index (χ1v) is 15.8. The molecule has 0 aliphatic carbocycles. The molecule has 0 aromatic heterocycles. The number of likely N-dealkylation sites (N-methyl/N-ethyl adjacent to an activating group) is 1. The molecule has 39 heavy (non-hydrogen) atoms. The number of benzene rings is 3. The van der Waals surface area contributed by atoms with Crippen molar-refractivity contribution in [3.63, 3.8) is 0 Å². The second-order valence-electron chi connectivity index (χ2n) is 12.0. The number of anilines is 1. The zero-order valence-corrected chi connectivity index (χ0v) is 25.1. The summed E-state index contributed by atoms with van der Waals surface area (Å²) in [6.45, 7) is 11.4. The van der Waals surface area contributed by atoms with Crippen LogP contribution in [0.1, 0.15) is 45.7 Å². The summed E-state index contributed by atoms with van der Waals surface area (Å²) in [6.07, 6.45) is 1.94. The van der Waals surface area contributed by atoms with E-state index >= 15 is 0 Å². The average molecular weight is 543 g/mol. The van der Waals surface area contributed by atoms with E-state index in [2.05, 4.69) is 105 Å². The van der Waals surface area contributed by atoms with Crippen molar-refractivity contribution in [2.45, 2.75) is 64.6 Å². The van der Waals surface area contributed by atoms with E-state index in [1.807, 2.05) is 25.2 Å². The van der Waals surface area contributed by atoms with E-state index < -0.39 is 8.32 Å². The van der Waals surface area contributed by atoms with Crippen molar-refractivity contribution in [3.05, 3.63) is 90.0 Å². The summed E-state index contributed by atoms with van der Waals surface area (Å²) in [5.41, 5.74) is 3.12. The van der Waals surface area contributed by atoms with Crippen LogP contribution in [0.2, 0.25) is 5.04 Å². The molecule has 0 spiro atoms. The smallest absolute Gasteiger partial charge is 0.261 e. The largest absolute Gasteiger partial charge is 0.405 e. The van der Waals surface area contributed by atoms with Gasteiger partial charge in [-0.1, -0.05) is 107 Å². The summed E-state index contributed by atoms with van der Waals surface area (Å²) in [6, 6.07) is 26.9.